The van der Waals surface area contributed by atoms with E-state index in [4.69, 9.17) is 9.47 Å². The van der Waals surface area contributed by atoms with Crippen molar-refractivity contribution in [2.24, 2.45) is 4.99 Å². The van der Waals surface area contributed by atoms with Gasteiger partial charge in [-0.15, -0.1) is 35.3 Å². The summed E-state index contributed by atoms with van der Waals surface area (Å²) in [6, 6.07) is 3.85. The van der Waals surface area contributed by atoms with Gasteiger partial charge in [-0.2, -0.15) is 0 Å². The van der Waals surface area contributed by atoms with Crippen LogP contribution in [0.2, 0.25) is 0 Å². The molecule has 26 heavy (non-hydrogen) atoms. The van der Waals surface area contributed by atoms with Crippen molar-refractivity contribution in [1.29, 1.82) is 0 Å². The number of benzene rings is 1. The number of aromatic nitrogens is 1. The van der Waals surface area contributed by atoms with Crippen molar-refractivity contribution in [3.8, 4) is 11.5 Å². The van der Waals surface area contributed by atoms with E-state index in [1.54, 1.807) is 32.6 Å². The molecular formula is C17H24BrIN4O2S. The second-order valence-electron chi connectivity index (χ2n) is 5.26. The fourth-order valence-corrected chi connectivity index (χ4v) is 3.37. The third-order valence-corrected chi connectivity index (χ3v) is 5.12. The maximum atomic E-state index is 5.36. The normalized spacial score (nSPS) is 10.9. The third kappa shape index (κ3) is 6.58. The van der Waals surface area contributed by atoms with E-state index in [-0.39, 0.29) is 24.0 Å². The lowest BCUT2D eigenvalue weighted by molar-refractivity contribution is 0.354. The summed E-state index contributed by atoms with van der Waals surface area (Å²) < 4.78 is 11.6. The Kier molecular flexibility index (Phi) is 10.3. The molecule has 144 valence electrons. The number of hydrogen-bond donors (Lipinski definition) is 2. The maximum absolute atomic E-state index is 5.36. The zero-order chi connectivity index (χ0) is 18.2. The highest BCUT2D eigenvalue weighted by atomic mass is 127. The molecule has 1 aromatic carbocycles. The van der Waals surface area contributed by atoms with Crippen LogP contribution >= 0.6 is 51.2 Å². The Morgan fingerprint density at radius 2 is 1.92 bits per heavy atom. The molecule has 0 radical (unpaired) electrons. The SMILES string of the molecule is CN=C(NCCc1csc(C)n1)NCc1cc(OC)c(OC)cc1Br.I. The number of thiazole rings is 1. The van der Waals surface area contributed by atoms with Gasteiger partial charge in [0.05, 0.1) is 24.9 Å². The summed E-state index contributed by atoms with van der Waals surface area (Å²) in [7, 11) is 5.01. The lowest BCUT2D eigenvalue weighted by Crippen LogP contribution is -2.38. The number of ether oxygens (including phenoxy) is 2. The Morgan fingerprint density at radius 1 is 1.23 bits per heavy atom. The molecule has 0 aliphatic carbocycles. The van der Waals surface area contributed by atoms with Crippen molar-refractivity contribution in [2.45, 2.75) is 19.9 Å². The molecule has 2 aromatic rings. The summed E-state index contributed by atoms with van der Waals surface area (Å²) >= 11 is 5.24. The fourth-order valence-electron chi connectivity index (χ4n) is 2.26. The minimum absolute atomic E-state index is 0. The van der Waals surface area contributed by atoms with Gasteiger partial charge in [-0.05, 0) is 24.6 Å². The number of methoxy groups -OCH3 is 2. The Morgan fingerprint density at radius 3 is 2.50 bits per heavy atom. The monoisotopic (exact) mass is 554 g/mol. The van der Waals surface area contributed by atoms with Crippen LogP contribution in [0.3, 0.4) is 0 Å². The van der Waals surface area contributed by atoms with Crippen molar-refractivity contribution >= 4 is 57.2 Å². The van der Waals surface area contributed by atoms with Gasteiger partial charge in [0, 0.05) is 36.4 Å². The van der Waals surface area contributed by atoms with E-state index >= 15 is 0 Å². The molecule has 2 rings (SSSR count). The highest BCUT2D eigenvalue weighted by Crippen LogP contribution is 2.33. The highest BCUT2D eigenvalue weighted by molar-refractivity contribution is 14.0. The largest absolute Gasteiger partial charge is 0.493 e. The topological polar surface area (TPSA) is 67.8 Å². The molecule has 6 nitrogen and oxygen atoms in total. The van der Waals surface area contributed by atoms with Crippen LogP contribution in [0.25, 0.3) is 0 Å². The van der Waals surface area contributed by atoms with Crippen molar-refractivity contribution in [2.75, 3.05) is 27.8 Å². The number of nitrogens with zero attached hydrogens (tertiary/aromatic N) is 2. The first-order chi connectivity index (χ1) is 12.1. The molecule has 0 aliphatic rings. The molecule has 1 aromatic heterocycles. The van der Waals surface area contributed by atoms with E-state index in [1.807, 2.05) is 19.1 Å². The Balaban J connectivity index is 0.00000338. The first kappa shape index (κ1) is 23.0. The van der Waals surface area contributed by atoms with Gasteiger partial charge in [0.2, 0.25) is 0 Å². The quantitative estimate of drug-likeness (QED) is 0.310. The smallest absolute Gasteiger partial charge is 0.191 e. The van der Waals surface area contributed by atoms with Crippen LogP contribution in [-0.4, -0.2) is 38.8 Å². The van der Waals surface area contributed by atoms with Crippen LogP contribution < -0.4 is 20.1 Å². The van der Waals surface area contributed by atoms with Crippen molar-refractivity contribution in [3.63, 3.8) is 0 Å². The molecule has 0 fully saturated rings. The second kappa shape index (κ2) is 11.6. The molecular weight excluding hydrogens is 531 g/mol. The van der Waals surface area contributed by atoms with Crippen LogP contribution in [0, 0.1) is 6.92 Å². The molecule has 0 amide bonds. The number of nitrogens with one attached hydrogen (secondary N) is 2. The molecule has 2 N–H and O–H groups in total. The van der Waals surface area contributed by atoms with E-state index in [1.165, 1.54) is 0 Å². The van der Waals surface area contributed by atoms with Gasteiger partial charge in [-0.25, -0.2) is 4.98 Å². The Hall–Kier alpha value is -1.07. The molecule has 0 saturated heterocycles. The Labute approximate surface area is 184 Å². The van der Waals surface area contributed by atoms with Crippen molar-refractivity contribution in [3.05, 3.63) is 38.3 Å². The van der Waals surface area contributed by atoms with Gasteiger partial charge in [0.1, 0.15) is 0 Å². The number of aliphatic imine (C=N–C) groups is 1. The summed E-state index contributed by atoms with van der Waals surface area (Å²) in [5, 5.41) is 9.79. The molecule has 0 spiro atoms. The van der Waals surface area contributed by atoms with Gasteiger partial charge >= 0.3 is 0 Å². The van der Waals surface area contributed by atoms with E-state index in [0.717, 1.165) is 39.7 Å². The summed E-state index contributed by atoms with van der Waals surface area (Å²) in [5.41, 5.74) is 2.16. The second-order valence-corrected chi connectivity index (χ2v) is 7.18. The van der Waals surface area contributed by atoms with E-state index in [2.05, 4.69) is 41.9 Å². The van der Waals surface area contributed by atoms with E-state index in [9.17, 15) is 0 Å². The number of halogens is 2. The predicted molar refractivity (Wildman–Crippen MR) is 121 cm³/mol. The van der Waals surface area contributed by atoms with E-state index in [0.29, 0.717) is 18.0 Å². The number of rotatable bonds is 7. The van der Waals surface area contributed by atoms with Gasteiger partial charge < -0.3 is 20.1 Å². The lowest BCUT2D eigenvalue weighted by Gasteiger charge is -2.15. The fraction of sp³-hybridized carbons (Fsp3) is 0.412. The molecule has 9 heteroatoms. The third-order valence-electron chi connectivity index (χ3n) is 3.56. The van der Waals surface area contributed by atoms with Crippen molar-refractivity contribution in [1.82, 2.24) is 15.6 Å². The summed E-state index contributed by atoms with van der Waals surface area (Å²) in [4.78, 5) is 8.71. The van der Waals surface area contributed by atoms with E-state index < -0.39 is 0 Å². The first-order valence-corrected chi connectivity index (χ1v) is 9.50. The van der Waals surface area contributed by atoms with Gasteiger partial charge in [0.25, 0.3) is 0 Å². The summed E-state index contributed by atoms with van der Waals surface area (Å²) in [6.07, 6.45) is 0.866. The minimum atomic E-state index is 0. The van der Waals surface area contributed by atoms with Gasteiger partial charge in [-0.3, -0.25) is 4.99 Å². The molecule has 0 unspecified atom stereocenters. The number of hydrogen-bond acceptors (Lipinski definition) is 5. The van der Waals surface area contributed by atoms with Gasteiger partial charge in [0.15, 0.2) is 17.5 Å². The van der Waals surface area contributed by atoms with Gasteiger partial charge in [-0.1, -0.05) is 15.9 Å². The maximum Gasteiger partial charge on any atom is 0.191 e. The molecule has 0 saturated carbocycles. The van der Waals surface area contributed by atoms with Crippen LogP contribution in [-0.2, 0) is 13.0 Å². The minimum Gasteiger partial charge on any atom is -0.493 e. The summed E-state index contributed by atoms with van der Waals surface area (Å²) in [5.74, 6) is 2.14. The molecule has 0 bridgehead atoms. The zero-order valence-electron chi connectivity index (χ0n) is 15.3. The Bertz CT molecular complexity index is 740. The lowest BCUT2D eigenvalue weighted by atomic mass is 10.2. The molecule has 0 aliphatic heterocycles. The van der Waals surface area contributed by atoms with Crippen LogP contribution in [0.4, 0.5) is 0 Å². The first-order valence-electron chi connectivity index (χ1n) is 7.83. The highest BCUT2D eigenvalue weighted by Gasteiger charge is 2.10. The van der Waals surface area contributed by atoms with Crippen LogP contribution in [0.15, 0.2) is 27.0 Å². The van der Waals surface area contributed by atoms with Crippen molar-refractivity contribution < 1.29 is 9.47 Å². The summed E-state index contributed by atoms with van der Waals surface area (Å²) in [6.45, 7) is 3.40. The predicted octanol–water partition coefficient (Wildman–Crippen LogP) is 3.76. The molecule has 1 heterocycles. The molecule has 0 atom stereocenters. The number of aryl methyl sites for hydroxylation is 1. The van der Waals surface area contributed by atoms with Crippen LogP contribution in [0.1, 0.15) is 16.3 Å². The zero-order valence-corrected chi connectivity index (χ0v) is 20.0. The average Bonchev–Trinajstić information content (AvgIpc) is 3.03. The standard InChI is InChI=1S/C17H23BrN4O2S.HI/c1-11-22-13(10-25-11)5-6-20-17(19-2)21-9-12-7-15(23-3)16(24-4)8-14(12)18;/h7-8,10H,5-6,9H2,1-4H3,(H2,19,20,21);1H. The number of guanidine groups is 1. The van der Waals surface area contributed by atoms with Crippen LogP contribution in [0.5, 0.6) is 11.5 Å². The average molecular weight is 555 g/mol.